The molecule has 1 aromatic rings. The molecule has 1 atom stereocenters. The van der Waals surface area contributed by atoms with E-state index >= 15 is 0 Å². The fourth-order valence-electron chi connectivity index (χ4n) is 2.07. The van der Waals surface area contributed by atoms with Gasteiger partial charge in [0, 0.05) is 45.4 Å². The van der Waals surface area contributed by atoms with E-state index in [0.29, 0.717) is 19.6 Å². The van der Waals surface area contributed by atoms with Crippen LogP contribution < -0.4 is 10.6 Å². The first-order valence-electron chi connectivity index (χ1n) is 6.37. The maximum atomic E-state index is 11.8. The van der Waals surface area contributed by atoms with E-state index in [4.69, 9.17) is 4.74 Å². The minimum absolute atomic E-state index is 0.00484. The number of carboxylic acid groups (broad SMARTS) is 1. The van der Waals surface area contributed by atoms with Crippen molar-refractivity contribution in [1.29, 1.82) is 0 Å². The Labute approximate surface area is 116 Å². The number of carbonyl (C=O) groups is 2. The van der Waals surface area contributed by atoms with Gasteiger partial charge in [0.25, 0.3) is 0 Å². The van der Waals surface area contributed by atoms with Gasteiger partial charge in [0.2, 0.25) is 0 Å². The molecule has 1 saturated heterocycles. The summed E-state index contributed by atoms with van der Waals surface area (Å²) in [7, 11) is 1.87. The topological polar surface area (TPSA) is 105 Å². The lowest BCUT2D eigenvalue weighted by Gasteiger charge is -2.23. The highest BCUT2D eigenvalue weighted by Crippen LogP contribution is 2.18. The van der Waals surface area contributed by atoms with Gasteiger partial charge in [0.1, 0.15) is 5.82 Å². The Kier molecular flexibility index (Phi) is 4.23. The number of nitrogens with one attached hydrogen (secondary N) is 2. The third-order valence-corrected chi connectivity index (χ3v) is 3.34. The maximum Gasteiger partial charge on any atom is 0.332 e. The van der Waals surface area contributed by atoms with Crippen molar-refractivity contribution in [2.75, 3.05) is 19.8 Å². The van der Waals surface area contributed by atoms with E-state index in [1.807, 2.05) is 17.8 Å². The van der Waals surface area contributed by atoms with Gasteiger partial charge in [0.05, 0.1) is 6.61 Å². The van der Waals surface area contributed by atoms with E-state index < -0.39 is 17.5 Å². The molecular weight excluding hydrogens is 264 g/mol. The second-order valence-electron chi connectivity index (χ2n) is 4.78. The Morgan fingerprint density at radius 3 is 2.95 bits per heavy atom. The van der Waals surface area contributed by atoms with Gasteiger partial charge in [-0.2, -0.15) is 0 Å². The molecule has 0 aromatic carbocycles. The van der Waals surface area contributed by atoms with Crippen LogP contribution in [0.25, 0.3) is 0 Å². The number of hydrogen-bond acceptors (Lipinski definition) is 4. The van der Waals surface area contributed by atoms with E-state index in [2.05, 4.69) is 15.6 Å². The number of urea groups is 1. The molecule has 1 aromatic heterocycles. The summed E-state index contributed by atoms with van der Waals surface area (Å²) >= 11 is 0. The second kappa shape index (κ2) is 5.91. The first-order valence-corrected chi connectivity index (χ1v) is 6.37. The molecule has 0 spiro atoms. The van der Waals surface area contributed by atoms with Crippen LogP contribution in [0.3, 0.4) is 0 Å². The van der Waals surface area contributed by atoms with Gasteiger partial charge in [-0.05, 0) is 0 Å². The molecule has 0 aliphatic carbocycles. The van der Waals surface area contributed by atoms with Gasteiger partial charge >= 0.3 is 12.0 Å². The van der Waals surface area contributed by atoms with Crippen molar-refractivity contribution >= 4 is 12.0 Å². The standard InChI is InChI=1S/C12H18N4O4/c1-16-6-5-13-9(16)2-4-14-11(19)15-12(10(17)18)3-7-20-8-12/h5-6H,2-4,7-8H2,1H3,(H,17,18)(H2,14,15,19). The summed E-state index contributed by atoms with van der Waals surface area (Å²) in [5, 5.41) is 14.3. The average molecular weight is 282 g/mol. The lowest BCUT2D eigenvalue weighted by molar-refractivity contribution is -0.144. The molecule has 3 N–H and O–H groups in total. The van der Waals surface area contributed by atoms with Crippen molar-refractivity contribution < 1.29 is 19.4 Å². The van der Waals surface area contributed by atoms with Crippen LogP contribution in [0.1, 0.15) is 12.2 Å². The lowest BCUT2D eigenvalue weighted by atomic mass is 9.99. The molecule has 8 nitrogen and oxygen atoms in total. The number of carboxylic acids is 1. The Morgan fingerprint density at radius 2 is 2.40 bits per heavy atom. The van der Waals surface area contributed by atoms with Crippen molar-refractivity contribution in [3.63, 3.8) is 0 Å². The van der Waals surface area contributed by atoms with Crippen molar-refractivity contribution in [1.82, 2.24) is 20.2 Å². The zero-order chi connectivity index (χ0) is 14.6. The molecule has 1 aliphatic heterocycles. The summed E-state index contributed by atoms with van der Waals surface area (Å²) in [5.74, 6) is -0.225. The quantitative estimate of drug-likeness (QED) is 0.675. The number of rotatable bonds is 5. The molecule has 0 radical (unpaired) electrons. The Balaban J connectivity index is 1.80. The van der Waals surface area contributed by atoms with Crippen LogP contribution in [-0.2, 0) is 23.0 Å². The summed E-state index contributed by atoms with van der Waals surface area (Å²) in [6.07, 6.45) is 4.36. The van der Waals surface area contributed by atoms with Crippen LogP contribution in [-0.4, -0.2) is 52.0 Å². The Hall–Kier alpha value is -2.09. The van der Waals surface area contributed by atoms with Gasteiger partial charge in [-0.1, -0.05) is 0 Å². The lowest BCUT2D eigenvalue weighted by Crippen LogP contribution is -2.57. The molecule has 2 heterocycles. The number of aromatic nitrogens is 2. The normalized spacial score (nSPS) is 21.6. The minimum Gasteiger partial charge on any atom is -0.479 e. The second-order valence-corrected chi connectivity index (χ2v) is 4.78. The van der Waals surface area contributed by atoms with E-state index in [-0.39, 0.29) is 13.0 Å². The predicted molar refractivity (Wildman–Crippen MR) is 69.2 cm³/mol. The molecule has 20 heavy (non-hydrogen) atoms. The van der Waals surface area contributed by atoms with E-state index in [9.17, 15) is 14.7 Å². The van der Waals surface area contributed by atoms with Crippen LogP contribution in [0.5, 0.6) is 0 Å². The first kappa shape index (κ1) is 14.3. The molecule has 0 bridgehead atoms. The van der Waals surface area contributed by atoms with Crippen molar-refractivity contribution in [3.8, 4) is 0 Å². The highest BCUT2D eigenvalue weighted by molar-refractivity contribution is 5.86. The number of imidazole rings is 1. The van der Waals surface area contributed by atoms with Crippen LogP contribution in [0.15, 0.2) is 12.4 Å². The van der Waals surface area contributed by atoms with Crippen molar-refractivity contribution in [2.45, 2.75) is 18.4 Å². The number of hydrogen-bond donors (Lipinski definition) is 3. The van der Waals surface area contributed by atoms with Gasteiger partial charge in [-0.15, -0.1) is 0 Å². The molecule has 1 fully saturated rings. The fourth-order valence-corrected chi connectivity index (χ4v) is 2.07. The zero-order valence-corrected chi connectivity index (χ0v) is 11.3. The molecule has 2 amide bonds. The van der Waals surface area contributed by atoms with Crippen LogP contribution in [0.4, 0.5) is 4.79 Å². The number of ether oxygens (including phenoxy) is 1. The largest absolute Gasteiger partial charge is 0.479 e. The summed E-state index contributed by atoms with van der Waals surface area (Å²) in [6, 6.07) is -0.507. The SMILES string of the molecule is Cn1ccnc1CCNC(=O)NC1(C(=O)O)CCOC1. The van der Waals surface area contributed by atoms with Gasteiger partial charge < -0.3 is 25.0 Å². The molecule has 0 saturated carbocycles. The van der Waals surface area contributed by atoms with Gasteiger partial charge in [0.15, 0.2) is 5.54 Å². The number of nitrogens with zero attached hydrogens (tertiary/aromatic N) is 2. The molecule has 110 valence electrons. The zero-order valence-electron chi connectivity index (χ0n) is 11.3. The van der Waals surface area contributed by atoms with Gasteiger partial charge in [-0.25, -0.2) is 14.6 Å². The highest BCUT2D eigenvalue weighted by atomic mass is 16.5. The summed E-state index contributed by atoms with van der Waals surface area (Å²) in [6.45, 7) is 0.711. The highest BCUT2D eigenvalue weighted by Gasteiger charge is 2.43. The summed E-state index contributed by atoms with van der Waals surface area (Å²) in [4.78, 5) is 27.1. The Bertz CT molecular complexity index is 493. The average Bonchev–Trinajstić information content (AvgIpc) is 3.00. The van der Waals surface area contributed by atoms with E-state index in [1.54, 1.807) is 6.20 Å². The molecule has 2 rings (SSSR count). The molecule has 1 aliphatic rings. The number of aliphatic carboxylic acids is 1. The summed E-state index contributed by atoms with van der Waals surface area (Å²) < 4.78 is 6.93. The van der Waals surface area contributed by atoms with Gasteiger partial charge in [-0.3, -0.25) is 0 Å². The third-order valence-electron chi connectivity index (χ3n) is 3.34. The molecule has 1 unspecified atom stereocenters. The predicted octanol–water partition coefficient (Wildman–Crippen LogP) is -0.494. The summed E-state index contributed by atoms with van der Waals surface area (Å²) in [5.41, 5.74) is -1.31. The minimum atomic E-state index is -1.31. The number of amides is 2. The van der Waals surface area contributed by atoms with Crippen LogP contribution in [0.2, 0.25) is 0 Å². The fraction of sp³-hybridized carbons (Fsp3) is 0.583. The maximum absolute atomic E-state index is 11.8. The Morgan fingerprint density at radius 1 is 1.60 bits per heavy atom. The van der Waals surface area contributed by atoms with E-state index in [1.165, 1.54) is 0 Å². The number of aryl methyl sites for hydroxylation is 1. The monoisotopic (exact) mass is 282 g/mol. The van der Waals surface area contributed by atoms with Crippen LogP contribution in [0, 0.1) is 0 Å². The molecule has 8 heteroatoms. The van der Waals surface area contributed by atoms with E-state index in [0.717, 1.165) is 5.82 Å². The smallest absolute Gasteiger partial charge is 0.332 e. The third kappa shape index (κ3) is 3.08. The van der Waals surface area contributed by atoms with Crippen LogP contribution >= 0.6 is 0 Å². The first-order chi connectivity index (χ1) is 9.53. The number of carbonyl (C=O) groups excluding carboxylic acids is 1. The van der Waals surface area contributed by atoms with Crippen molar-refractivity contribution in [2.24, 2.45) is 7.05 Å². The molecular formula is C12H18N4O4. The van der Waals surface area contributed by atoms with Crippen molar-refractivity contribution in [3.05, 3.63) is 18.2 Å².